The maximum Gasteiger partial charge on any atom is 0.471 e. The molecule has 0 spiro atoms. The first kappa shape index (κ1) is 14.0. The summed E-state index contributed by atoms with van der Waals surface area (Å²) in [6, 6.07) is 4.28. The first-order valence-electron chi connectivity index (χ1n) is 4.89. The van der Waals surface area contributed by atoms with Gasteiger partial charge < -0.3 is 10.4 Å². The van der Waals surface area contributed by atoms with E-state index in [0.717, 1.165) is 0 Å². The summed E-state index contributed by atoms with van der Waals surface area (Å²) in [7, 11) is 0. The number of carbonyl (C=O) groups excluding carboxylic acids is 1. The van der Waals surface area contributed by atoms with Crippen molar-refractivity contribution in [1.29, 1.82) is 0 Å². The number of nitrogens with one attached hydrogen (secondary N) is 1. The summed E-state index contributed by atoms with van der Waals surface area (Å²) in [6.07, 6.45) is -5.11. The smallest absolute Gasteiger partial charge is 0.471 e. The molecule has 7 heteroatoms. The molecule has 0 saturated heterocycles. The summed E-state index contributed by atoms with van der Waals surface area (Å²) in [5.74, 6) is -3.83. The second-order valence-electron chi connectivity index (χ2n) is 3.60. The Kier molecular flexibility index (Phi) is 3.95. The van der Waals surface area contributed by atoms with Crippen LogP contribution in [-0.4, -0.2) is 23.2 Å². The highest BCUT2D eigenvalue weighted by Gasteiger charge is 2.41. The second kappa shape index (κ2) is 5.07. The highest BCUT2D eigenvalue weighted by Crippen LogP contribution is 2.21. The molecule has 1 unspecified atom stereocenters. The van der Waals surface area contributed by atoms with Crippen LogP contribution in [0.25, 0.3) is 0 Å². The summed E-state index contributed by atoms with van der Waals surface area (Å²) in [5, 5.41) is 10.3. The fraction of sp³-hybridized carbons (Fsp3) is 0.273. The minimum atomic E-state index is -5.11. The van der Waals surface area contributed by atoms with Crippen molar-refractivity contribution in [3.8, 4) is 0 Å². The molecule has 0 heterocycles. The van der Waals surface area contributed by atoms with Gasteiger partial charge in [0.05, 0.1) is 0 Å². The topological polar surface area (TPSA) is 66.4 Å². The van der Waals surface area contributed by atoms with Crippen molar-refractivity contribution in [3.05, 3.63) is 35.4 Å². The van der Waals surface area contributed by atoms with Crippen LogP contribution in [0.5, 0.6) is 0 Å². The largest absolute Gasteiger partial charge is 0.479 e. The SMILES string of the molecule is Cc1ccccc1C(NC(=O)C(F)(F)F)C(=O)O. The van der Waals surface area contributed by atoms with E-state index in [-0.39, 0.29) is 5.56 Å². The Hall–Kier alpha value is -2.05. The summed E-state index contributed by atoms with van der Waals surface area (Å²) >= 11 is 0. The third-order valence-electron chi connectivity index (χ3n) is 2.28. The van der Waals surface area contributed by atoms with Crippen LogP contribution in [0.1, 0.15) is 17.2 Å². The maximum atomic E-state index is 12.1. The van der Waals surface area contributed by atoms with Crippen molar-refractivity contribution >= 4 is 11.9 Å². The zero-order valence-corrected chi connectivity index (χ0v) is 9.28. The molecule has 0 bridgehead atoms. The number of carboxylic acid groups (broad SMARTS) is 1. The number of amides is 1. The molecule has 1 aromatic carbocycles. The Morgan fingerprint density at radius 2 is 1.83 bits per heavy atom. The minimum absolute atomic E-state index is 0.114. The number of halogens is 3. The Bertz CT molecular complexity index is 471. The molecular formula is C11H10F3NO3. The number of aryl methyl sites for hydroxylation is 1. The highest BCUT2D eigenvalue weighted by atomic mass is 19.4. The fourth-order valence-electron chi connectivity index (χ4n) is 1.40. The van der Waals surface area contributed by atoms with Gasteiger partial charge in [-0.05, 0) is 18.1 Å². The van der Waals surface area contributed by atoms with Crippen LogP contribution in [0.3, 0.4) is 0 Å². The van der Waals surface area contributed by atoms with Gasteiger partial charge >= 0.3 is 18.1 Å². The Labute approximate surface area is 100 Å². The Balaban J connectivity index is 3.03. The third kappa shape index (κ3) is 3.22. The summed E-state index contributed by atoms with van der Waals surface area (Å²) in [4.78, 5) is 21.7. The van der Waals surface area contributed by atoms with Crippen LogP contribution >= 0.6 is 0 Å². The summed E-state index contributed by atoms with van der Waals surface area (Å²) in [5.41, 5.74) is 0.593. The Morgan fingerprint density at radius 1 is 1.28 bits per heavy atom. The lowest BCUT2D eigenvalue weighted by atomic mass is 10.0. The van der Waals surface area contributed by atoms with E-state index in [4.69, 9.17) is 5.11 Å². The van der Waals surface area contributed by atoms with Crippen molar-refractivity contribution in [3.63, 3.8) is 0 Å². The van der Waals surface area contributed by atoms with E-state index < -0.39 is 24.1 Å². The molecular weight excluding hydrogens is 251 g/mol. The molecule has 0 aliphatic carbocycles. The molecule has 0 aromatic heterocycles. The zero-order chi connectivity index (χ0) is 13.9. The molecule has 0 fully saturated rings. The van der Waals surface area contributed by atoms with Crippen molar-refractivity contribution in [1.82, 2.24) is 5.32 Å². The molecule has 1 atom stereocenters. The molecule has 0 aliphatic heterocycles. The van der Waals surface area contributed by atoms with E-state index in [9.17, 15) is 22.8 Å². The van der Waals surface area contributed by atoms with Gasteiger partial charge in [0.15, 0.2) is 6.04 Å². The molecule has 2 N–H and O–H groups in total. The molecule has 1 rings (SSSR count). The molecule has 18 heavy (non-hydrogen) atoms. The number of benzene rings is 1. The van der Waals surface area contributed by atoms with E-state index in [1.54, 1.807) is 19.1 Å². The lowest BCUT2D eigenvalue weighted by molar-refractivity contribution is -0.175. The van der Waals surface area contributed by atoms with Crippen LogP contribution in [0, 0.1) is 6.92 Å². The molecule has 0 radical (unpaired) electrons. The predicted octanol–water partition coefficient (Wildman–Crippen LogP) is 1.80. The molecule has 98 valence electrons. The minimum Gasteiger partial charge on any atom is -0.479 e. The van der Waals surface area contributed by atoms with Crippen molar-refractivity contribution in [2.75, 3.05) is 0 Å². The summed E-state index contributed by atoms with van der Waals surface area (Å²) in [6.45, 7) is 1.55. The molecule has 4 nitrogen and oxygen atoms in total. The first-order valence-corrected chi connectivity index (χ1v) is 4.89. The normalized spacial score (nSPS) is 12.9. The lowest BCUT2D eigenvalue weighted by Crippen LogP contribution is -2.42. The standard InChI is InChI=1S/C11H10F3NO3/c1-6-4-2-3-5-7(6)8(9(16)17)15-10(18)11(12,13)14/h2-5,8H,1H3,(H,15,18)(H,16,17). The summed E-state index contributed by atoms with van der Waals surface area (Å²) < 4.78 is 36.3. The van der Waals surface area contributed by atoms with E-state index >= 15 is 0 Å². The Morgan fingerprint density at radius 3 is 2.28 bits per heavy atom. The van der Waals surface area contributed by atoms with Gasteiger partial charge in [-0.25, -0.2) is 4.79 Å². The number of hydrogen-bond acceptors (Lipinski definition) is 2. The molecule has 0 aliphatic rings. The molecule has 0 saturated carbocycles. The van der Waals surface area contributed by atoms with Gasteiger partial charge in [0.1, 0.15) is 0 Å². The molecule has 1 aromatic rings. The lowest BCUT2D eigenvalue weighted by Gasteiger charge is -2.17. The predicted molar refractivity (Wildman–Crippen MR) is 55.8 cm³/mol. The van der Waals surface area contributed by atoms with E-state index in [1.807, 2.05) is 0 Å². The van der Waals surface area contributed by atoms with Crippen LogP contribution in [0.4, 0.5) is 13.2 Å². The second-order valence-corrected chi connectivity index (χ2v) is 3.60. The monoisotopic (exact) mass is 261 g/mol. The van der Waals surface area contributed by atoms with Gasteiger partial charge in [0.2, 0.25) is 0 Å². The van der Waals surface area contributed by atoms with E-state index in [1.165, 1.54) is 17.4 Å². The number of rotatable bonds is 3. The maximum absolute atomic E-state index is 12.1. The van der Waals surface area contributed by atoms with Crippen molar-refractivity contribution in [2.45, 2.75) is 19.1 Å². The highest BCUT2D eigenvalue weighted by molar-refractivity contribution is 5.87. The average molecular weight is 261 g/mol. The van der Waals surface area contributed by atoms with Crippen molar-refractivity contribution in [2.24, 2.45) is 0 Å². The number of aliphatic carboxylic acids is 1. The van der Waals surface area contributed by atoms with E-state index in [2.05, 4.69) is 0 Å². The van der Waals surface area contributed by atoms with Crippen LogP contribution < -0.4 is 5.32 Å². The van der Waals surface area contributed by atoms with Gasteiger partial charge in [0, 0.05) is 0 Å². The van der Waals surface area contributed by atoms with Crippen LogP contribution in [0.2, 0.25) is 0 Å². The number of carbonyl (C=O) groups is 2. The number of carboxylic acids is 1. The van der Waals surface area contributed by atoms with Crippen molar-refractivity contribution < 1.29 is 27.9 Å². The molecule has 1 amide bonds. The first-order chi connectivity index (χ1) is 8.23. The number of alkyl halides is 3. The number of hydrogen-bond donors (Lipinski definition) is 2. The van der Waals surface area contributed by atoms with Gasteiger partial charge in [-0.15, -0.1) is 0 Å². The van der Waals surface area contributed by atoms with Gasteiger partial charge in [-0.1, -0.05) is 24.3 Å². The fourth-order valence-corrected chi connectivity index (χ4v) is 1.40. The quantitative estimate of drug-likeness (QED) is 0.871. The third-order valence-corrected chi connectivity index (χ3v) is 2.28. The zero-order valence-electron chi connectivity index (χ0n) is 9.28. The van der Waals surface area contributed by atoms with Gasteiger partial charge in [-0.3, -0.25) is 4.79 Å². The van der Waals surface area contributed by atoms with E-state index in [0.29, 0.717) is 5.56 Å². The van der Waals surface area contributed by atoms with Gasteiger partial charge in [-0.2, -0.15) is 13.2 Å². The van der Waals surface area contributed by atoms with Gasteiger partial charge in [0.25, 0.3) is 0 Å². The van der Waals surface area contributed by atoms with Crippen LogP contribution in [-0.2, 0) is 9.59 Å². The van der Waals surface area contributed by atoms with Crippen LogP contribution in [0.15, 0.2) is 24.3 Å². The average Bonchev–Trinajstić information content (AvgIpc) is 2.25.